The van der Waals surface area contributed by atoms with Crippen molar-refractivity contribution in [2.45, 2.75) is 52.0 Å². The molecule has 3 aromatic carbocycles. The predicted molar refractivity (Wildman–Crippen MR) is 152 cm³/mol. The van der Waals surface area contributed by atoms with Gasteiger partial charge >= 0.3 is 0 Å². The van der Waals surface area contributed by atoms with Crippen LogP contribution < -0.4 is 14.4 Å². The molecule has 0 aliphatic heterocycles. The number of phenolic OH excluding ortho intramolecular Hbond substituents is 1. The molecule has 0 saturated heterocycles. The largest absolute Gasteiger partial charge is 0.508 e. The lowest BCUT2D eigenvalue weighted by atomic mass is 9.79. The van der Waals surface area contributed by atoms with Crippen molar-refractivity contribution in [2.24, 2.45) is 0 Å². The second-order valence-electron chi connectivity index (χ2n) is 10.1. The molecule has 0 amide bonds. The van der Waals surface area contributed by atoms with Crippen molar-refractivity contribution in [3.05, 3.63) is 82.9 Å². The number of ether oxygens (including phenoxy) is 2. The first kappa shape index (κ1) is 26.9. The minimum absolute atomic E-state index is 0.361. The van der Waals surface area contributed by atoms with Crippen LogP contribution >= 0.6 is 0 Å². The summed E-state index contributed by atoms with van der Waals surface area (Å²) in [5.74, 6) is 2.61. The maximum absolute atomic E-state index is 9.89. The number of aryl methyl sites for hydroxylation is 1. The van der Waals surface area contributed by atoms with E-state index in [1.807, 2.05) is 12.1 Å². The SMILES string of the molecule is CCCN(C)CCOc1ccc(CN(CC)c2cc(OC)ccc2[C@@H]2CCc3cc(O)ccc3C2)cc1. The van der Waals surface area contributed by atoms with E-state index in [0.29, 0.717) is 18.3 Å². The van der Waals surface area contributed by atoms with Crippen LogP contribution in [0.25, 0.3) is 0 Å². The molecule has 1 atom stereocenters. The number of hydrogen-bond donors (Lipinski definition) is 1. The summed E-state index contributed by atoms with van der Waals surface area (Å²) >= 11 is 0. The first-order valence-electron chi connectivity index (χ1n) is 13.6. The van der Waals surface area contributed by atoms with E-state index in [-0.39, 0.29) is 0 Å². The van der Waals surface area contributed by atoms with Gasteiger partial charge in [0.15, 0.2) is 0 Å². The number of phenols is 1. The number of benzene rings is 3. The van der Waals surface area contributed by atoms with Gasteiger partial charge in [-0.3, -0.25) is 0 Å². The Balaban J connectivity index is 1.48. The molecule has 1 N–H and O–H groups in total. The standard InChI is InChI=1S/C32H42N2O3/c1-5-17-33(3)18-19-37-29-13-7-24(8-14-29)23-34(6-2)32-22-30(36-4)15-16-31(32)27-10-9-26-21-28(35)12-11-25(26)20-27/h7-8,11-16,21-22,27,35H,5-6,9-10,17-20,23H2,1-4H3/t27-/m1/s1. The first-order chi connectivity index (χ1) is 18.0. The molecule has 0 heterocycles. The molecular formula is C32H42N2O3. The number of fused-ring (bicyclic) bond motifs is 1. The summed E-state index contributed by atoms with van der Waals surface area (Å²) in [5, 5.41) is 9.89. The Labute approximate surface area is 222 Å². The highest BCUT2D eigenvalue weighted by Gasteiger charge is 2.24. The van der Waals surface area contributed by atoms with Gasteiger partial charge in [-0.25, -0.2) is 0 Å². The Morgan fingerprint density at radius 1 is 0.919 bits per heavy atom. The molecule has 0 spiro atoms. The van der Waals surface area contributed by atoms with Crippen LogP contribution in [0.3, 0.4) is 0 Å². The topological polar surface area (TPSA) is 45.2 Å². The van der Waals surface area contributed by atoms with Gasteiger partial charge in [0.25, 0.3) is 0 Å². The van der Waals surface area contributed by atoms with E-state index in [9.17, 15) is 5.11 Å². The molecule has 0 unspecified atom stereocenters. The maximum Gasteiger partial charge on any atom is 0.120 e. The van der Waals surface area contributed by atoms with E-state index in [1.165, 1.54) is 27.9 Å². The van der Waals surface area contributed by atoms with Crippen molar-refractivity contribution in [1.82, 2.24) is 4.90 Å². The van der Waals surface area contributed by atoms with Gasteiger partial charge in [0.2, 0.25) is 0 Å². The minimum Gasteiger partial charge on any atom is -0.508 e. The third-order valence-electron chi connectivity index (χ3n) is 7.46. The van der Waals surface area contributed by atoms with Crippen LogP contribution in [0.5, 0.6) is 17.2 Å². The van der Waals surface area contributed by atoms with Gasteiger partial charge in [0, 0.05) is 31.4 Å². The summed E-state index contributed by atoms with van der Waals surface area (Å²) in [6.45, 7) is 8.88. The first-order valence-corrected chi connectivity index (χ1v) is 13.6. The van der Waals surface area contributed by atoms with Gasteiger partial charge in [0.05, 0.1) is 7.11 Å². The number of aromatic hydroxyl groups is 1. The van der Waals surface area contributed by atoms with Crippen LogP contribution in [-0.2, 0) is 19.4 Å². The van der Waals surface area contributed by atoms with Crippen molar-refractivity contribution in [1.29, 1.82) is 0 Å². The third-order valence-corrected chi connectivity index (χ3v) is 7.46. The highest BCUT2D eigenvalue weighted by molar-refractivity contribution is 5.60. The van der Waals surface area contributed by atoms with Crippen LogP contribution in [0, 0.1) is 0 Å². The Bertz CT molecular complexity index is 1150. The van der Waals surface area contributed by atoms with Gasteiger partial charge in [-0.05, 0) is 105 Å². The second kappa shape index (κ2) is 12.9. The number of hydrogen-bond acceptors (Lipinski definition) is 5. The van der Waals surface area contributed by atoms with Gasteiger partial charge in [-0.2, -0.15) is 0 Å². The highest BCUT2D eigenvalue weighted by atomic mass is 16.5. The summed E-state index contributed by atoms with van der Waals surface area (Å²) in [4.78, 5) is 4.74. The van der Waals surface area contributed by atoms with E-state index >= 15 is 0 Å². The van der Waals surface area contributed by atoms with Gasteiger partial charge < -0.3 is 24.4 Å². The molecule has 0 saturated carbocycles. The van der Waals surface area contributed by atoms with Crippen LogP contribution in [0.15, 0.2) is 60.7 Å². The number of nitrogens with zero attached hydrogens (tertiary/aromatic N) is 2. The minimum atomic E-state index is 0.361. The zero-order valence-corrected chi connectivity index (χ0v) is 22.9. The average Bonchev–Trinajstić information content (AvgIpc) is 2.92. The zero-order chi connectivity index (χ0) is 26.2. The van der Waals surface area contributed by atoms with Crippen LogP contribution in [-0.4, -0.2) is 50.4 Å². The lowest BCUT2D eigenvalue weighted by molar-refractivity contribution is 0.237. The zero-order valence-electron chi connectivity index (χ0n) is 22.9. The number of rotatable bonds is 12. The Kier molecular flexibility index (Phi) is 9.34. The van der Waals surface area contributed by atoms with Crippen molar-refractivity contribution in [3.63, 3.8) is 0 Å². The van der Waals surface area contributed by atoms with E-state index < -0.39 is 0 Å². The van der Waals surface area contributed by atoms with Crippen molar-refractivity contribution in [3.8, 4) is 17.2 Å². The lowest BCUT2D eigenvalue weighted by Gasteiger charge is -2.32. The molecule has 0 bridgehead atoms. The van der Waals surface area contributed by atoms with Crippen LogP contribution in [0.4, 0.5) is 5.69 Å². The van der Waals surface area contributed by atoms with Crippen LogP contribution in [0.1, 0.15) is 54.9 Å². The molecular weight excluding hydrogens is 460 g/mol. The predicted octanol–water partition coefficient (Wildman–Crippen LogP) is 6.42. The lowest BCUT2D eigenvalue weighted by Crippen LogP contribution is -2.25. The molecule has 0 fully saturated rings. The molecule has 4 rings (SSSR count). The van der Waals surface area contributed by atoms with E-state index in [4.69, 9.17) is 9.47 Å². The smallest absolute Gasteiger partial charge is 0.120 e. The molecule has 1 aliphatic carbocycles. The molecule has 5 heteroatoms. The molecule has 198 valence electrons. The van der Waals surface area contributed by atoms with Crippen molar-refractivity contribution in [2.75, 3.05) is 45.3 Å². The normalized spacial score (nSPS) is 14.9. The van der Waals surface area contributed by atoms with Crippen molar-refractivity contribution >= 4 is 5.69 Å². The van der Waals surface area contributed by atoms with Crippen LogP contribution in [0.2, 0.25) is 0 Å². The molecule has 5 nitrogen and oxygen atoms in total. The van der Waals surface area contributed by atoms with Gasteiger partial charge in [-0.1, -0.05) is 31.2 Å². The molecule has 37 heavy (non-hydrogen) atoms. The fourth-order valence-electron chi connectivity index (χ4n) is 5.37. The quantitative estimate of drug-likeness (QED) is 0.310. The second-order valence-corrected chi connectivity index (χ2v) is 10.1. The monoisotopic (exact) mass is 502 g/mol. The van der Waals surface area contributed by atoms with Gasteiger partial charge in [0.1, 0.15) is 23.9 Å². The maximum atomic E-state index is 9.89. The summed E-state index contributed by atoms with van der Waals surface area (Å²) in [6, 6.07) is 20.9. The fraction of sp³-hybridized carbons (Fsp3) is 0.438. The molecule has 1 aliphatic rings. The van der Waals surface area contributed by atoms with E-state index in [0.717, 1.165) is 63.4 Å². The molecule has 0 radical (unpaired) electrons. The number of anilines is 1. The van der Waals surface area contributed by atoms with E-state index in [1.54, 1.807) is 7.11 Å². The molecule has 3 aromatic rings. The summed E-state index contributed by atoms with van der Waals surface area (Å²) in [5.41, 5.74) is 6.50. The summed E-state index contributed by atoms with van der Waals surface area (Å²) in [6.07, 6.45) is 4.22. The summed E-state index contributed by atoms with van der Waals surface area (Å²) in [7, 11) is 3.87. The highest BCUT2D eigenvalue weighted by Crippen LogP contribution is 2.40. The van der Waals surface area contributed by atoms with Crippen molar-refractivity contribution < 1.29 is 14.6 Å². The Morgan fingerprint density at radius 2 is 1.70 bits per heavy atom. The number of methoxy groups -OCH3 is 1. The van der Waals surface area contributed by atoms with E-state index in [2.05, 4.69) is 79.2 Å². The summed E-state index contributed by atoms with van der Waals surface area (Å²) < 4.78 is 11.6. The van der Waals surface area contributed by atoms with Gasteiger partial charge in [-0.15, -0.1) is 0 Å². The third kappa shape index (κ3) is 6.98. The Hall–Kier alpha value is -3.18. The molecule has 0 aromatic heterocycles. The Morgan fingerprint density at radius 3 is 2.43 bits per heavy atom. The average molecular weight is 503 g/mol. The number of likely N-dealkylation sites (N-methyl/N-ethyl adjacent to an activating group) is 1. The fourth-order valence-corrected chi connectivity index (χ4v) is 5.37.